The van der Waals surface area contributed by atoms with Gasteiger partial charge in [-0.3, -0.25) is 4.79 Å². The second-order valence-electron chi connectivity index (χ2n) is 7.50. The van der Waals surface area contributed by atoms with Crippen LogP contribution in [0.3, 0.4) is 0 Å². The Labute approximate surface area is 150 Å². The lowest BCUT2D eigenvalue weighted by Crippen LogP contribution is -2.53. The number of hydrogen-bond donors (Lipinski definition) is 1. The van der Waals surface area contributed by atoms with Crippen molar-refractivity contribution in [2.24, 2.45) is 17.6 Å². The molecule has 1 aliphatic carbocycles. The summed E-state index contributed by atoms with van der Waals surface area (Å²) in [5.74, 6) is -4.38. The van der Waals surface area contributed by atoms with E-state index in [2.05, 4.69) is 0 Å². The Bertz CT molecular complexity index is 468. The molecule has 0 spiro atoms. The van der Waals surface area contributed by atoms with Crippen molar-refractivity contribution in [2.75, 3.05) is 19.7 Å². The first-order chi connectivity index (χ1) is 12.0. The summed E-state index contributed by atoms with van der Waals surface area (Å²) in [5.41, 5.74) is 5.91. The first-order valence-corrected chi connectivity index (χ1v) is 9.10. The van der Waals surface area contributed by atoms with Crippen LogP contribution in [0.15, 0.2) is 0 Å². The fourth-order valence-corrected chi connectivity index (χ4v) is 3.50. The molecular formula is C17H27F5N2O2. The number of carbonyl (C=O) groups excluding carboxylic acids is 1. The highest BCUT2D eigenvalue weighted by atomic mass is 19.4. The molecule has 0 aromatic heterocycles. The van der Waals surface area contributed by atoms with Gasteiger partial charge in [0, 0.05) is 32.5 Å². The third-order valence-corrected chi connectivity index (χ3v) is 5.49. The summed E-state index contributed by atoms with van der Waals surface area (Å²) >= 11 is 0. The first-order valence-electron chi connectivity index (χ1n) is 9.10. The van der Waals surface area contributed by atoms with Crippen LogP contribution in [0.1, 0.15) is 45.4 Å². The summed E-state index contributed by atoms with van der Waals surface area (Å²) in [6.07, 6.45) is -4.67. The van der Waals surface area contributed by atoms with E-state index in [4.69, 9.17) is 10.5 Å². The fraction of sp³-hybridized carbons (Fsp3) is 0.941. The van der Waals surface area contributed by atoms with Crippen LogP contribution < -0.4 is 5.73 Å². The number of ether oxygens (including phenoxy) is 1. The number of halogens is 5. The van der Waals surface area contributed by atoms with Gasteiger partial charge in [-0.25, -0.2) is 8.78 Å². The van der Waals surface area contributed by atoms with Crippen molar-refractivity contribution in [2.45, 2.75) is 69.7 Å². The van der Waals surface area contributed by atoms with Gasteiger partial charge in [0.2, 0.25) is 11.8 Å². The van der Waals surface area contributed by atoms with E-state index in [0.717, 1.165) is 0 Å². The summed E-state index contributed by atoms with van der Waals surface area (Å²) in [4.78, 5) is 13.7. The monoisotopic (exact) mass is 386 g/mol. The normalized spacial score (nSPS) is 25.1. The summed E-state index contributed by atoms with van der Waals surface area (Å²) in [5, 5.41) is 0. The molecule has 0 bridgehead atoms. The summed E-state index contributed by atoms with van der Waals surface area (Å²) in [6.45, 7) is 1.94. The van der Waals surface area contributed by atoms with Crippen LogP contribution in [-0.4, -0.2) is 54.7 Å². The fourth-order valence-electron chi connectivity index (χ4n) is 3.50. The second kappa shape index (κ2) is 8.37. The third kappa shape index (κ3) is 5.77. The highest BCUT2D eigenvalue weighted by Crippen LogP contribution is 2.36. The second-order valence-corrected chi connectivity index (χ2v) is 7.50. The molecule has 0 radical (unpaired) electrons. The van der Waals surface area contributed by atoms with E-state index in [1.54, 1.807) is 6.92 Å². The third-order valence-electron chi connectivity index (χ3n) is 5.49. The number of rotatable bonds is 5. The summed E-state index contributed by atoms with van der Waals surface area (Å²) in [7, 11) is 0. The smallest absolute Gasteiger partial charge is 0.376 e. The minimum atomic E-state index is -4.23. The molecule has 0 aromatic rings. The topological polar surface area (TPSA) is 55.6 Å². The Morgan fingerprint density at radius 1 is 1.19 bits per heavy atom. The average molecular weight is 386 g/mol. The Balaban J connectivity index is 1.74. The number of piperidine rings is 1. The maximum absolute atomic E-state index is 13.1. The molecule has 1 saturated heterocycles. The summed E-state index contributed by atoms with van der Waals surface area (Å²) in [6, 6.07) is -0.970. The van der Waals surface area contributed by atoms with Gasteiger partial charge in [-0.1, -0.05) is 0 Å². The maximum Gasteiger partial charge on any atom is 0.391 e. The SMILES string of the molecule is C[C@@H](OCC1CCC(F)(F)CC1)[C@H](N)C(=O)N1CCC(C(F)(F)F)CC1. The largest absolute Gasteiger partial charge is 0.391 e. The number of carbonyl (C=O) groups is 1. The van der Waals surface area contributed by atoms with Crippen molar-refractivity contribution < 1.29 is 31.5 Å². The Morgan fingerprint density at radius 2 is 1.73 bits per heavy atom. The average Bonchev–Trinajstić information content (AvgIpc) is 2.58. The van der Waals surface area contributed by atoms with Gasteiger partial charge in [0.1, 0.15) is 6.04 Å². The molecule has 2 rings (SSSR count). The zero-order chi connectivity index (χ0) is 19.5. The van der Waals surface area contributed by atoms with E-state index in [1.807, 2.05) is 0 Å². The molecule has 2 N–H and O–H groups in total. The molecule has 2 fully saturated rings. The molecule has 2 aliphatic rings. The lowest BCUT2D eigenvalue weighted by Gasteiger charge is -2.35. The minimum absolute atomic E-state index is 0.0157. The maximum atomic E-state index is 13.1. The lowest BCUT2D eigenvalue weighted by molar-refractivity contribution is -0.187. The molecule has 1 aliphatic heterocycles. The van der Waals surface area contributed by atoms with Crippen LogP contribution >= 0.6 is 0 Å². The number of alkyl halides is 5. The van der Waals surface area contributed by atoms with E-state index >= 15 is 0 Å². The molecular weight excluding hydrogens is 359 g/mol. The van der Waals surface area contributed by atoms with Gasteiger partial charge in [0.05, 0.1) is 12.0 Å². The van der Waals surface area contributed by atoms with Gasteiger partial charge in [-0.05, 0) is 38.5 Å². The molecule has 9 heteroatoms. The molecule has 152 valence electrons. The molecule has 1 saturated carbocycles. The Kier molecular flexibility index (Phi) is 6.87. The zero-order valence-electron chi connectivity index (χ0n) is 14.9. The highest BCUT2D eigenvalue weighted by molar-refractivity contribution is 5.82. The van der Waals surface area contributed by atoms with Crippen LogP contribution in [-0.2, 0) is 9.53 Å². The van der Waals surface area contributed by atoms with Crippen molar-refractivity contribution in [3.63, 3.8) is 0 Å². The van der Waals surface area contributed by atoms with Crippen LogP contribution in [0, 0.1) is 11.8 Å². The van der Waals surface area contributed by atoms with Crippen molar-refractivity contribution in [1.29, 1.82) is 0 Å². The van der Waals surface area contributed by atoms with Gasteiger partial charge < -0.3 is 15.4 Å². The van der Waals surface area contributed by atoms with Crippen LogP contribution in [0.2, 0.25) is 0 Å². The molecule has 2 atom stereocenters. The molecule has 0 unspecified atom stereocenters. The Hall–Kier alpha value is -0.960. The quantitative estimate of drug-likeness (QED) is 0.738. The van der Waals surface area contributed by atoms with Crippen LogP contribution in [0.5, 0.6) is 0 Å². The van der Waals surface area contributed by atoms with Crippen LogP contribution in [0.4, 0.5) is 22.0 Å². The van der Waals surface area contributed by atoms with E-state index < -0.39 is 36.1 Å². The lowest BCUT2D eigenvalue weighted by atomic mass is 9.87. The van der Waals surface area contributed by atoms with Gasteiger partial charge in [-0.15, -0.1) is 0 Å². The van der Waals surface area contributed by atoms with E-state index in [0.29, 0.717) is 12.8 Å². The standard InChI is InChI=1S/C17H27F5N2O2/c1-11(26-10-12-2-6-16(18,19)7-3-12)14(23)15(25)24-8-4-13(5-9-24)17(20,21)22/h11-14H,2-10,23H2,1H3/t11-,14+/m1/s1. The first kappa shape index (κ1) is 21.3. The van der Waals surface area contributed by atoms with E-state index in [1.165, 1.54) is 4.90 Å². The molecule has 4 nitrogen and oxygen atoms in total. The Morgan fingerprint density at radius 3 is 2.23 bits per heavy atom. The van der Waals surface area contributed by atoms with Gasteiger partial charge >= 0.3 is 6.18 Å². The number of likely N-dealkylation sites (tertiary alicyclic amines) is 1. The van der Waals surface area contributed by atoms with E-state index in [9.17, 15) is 26.7 Å². The van der Waals surface area contributed by atoms with Gasteiger partial charge in [0.25, 0.3) is 0 Å². The zero-order valence-corrected chi connectivity index (χ0v) is 14.9. The van der Waals surface area contributed by atoms with Crippen molar-refractivity contribution in [1.82, 2.24) is 4.90 Å². The highest BCUT2D eigenvalue weighted by Gasteiger charge is 2.42. The molecule has 1 heterocycles. The predicted molar refractivity (Wildman–Crippen MR) is 85.7 cm³/mol. The number of hydrogen-bond acceptors (Lipinski definition) is 3. The molecule has 0 aromatic carbocycles. The molecule has 26 heavy (non-hydrogen) atoms. The van der Waals surface area contributed by atoms with Crippen LogP contribution in [0.25, 0.3) is 0 Å². The predicted octanol–water partition coefficient (Wildman–Crippen LogP) is 3.35. The molecule has 1 amide bonds. The number of amides is 1. The number of nitrogens with zero attached hydrogens (tertiary/aromatic N) is 1. The minimum Gasteiger partial charge on any atom is -0.376 e. The number of nitrogens with two attached hydrogens (primary N) is 1. The van der Waals surface area contributed by atoms with Crippen molar-refractivity contribution >= 4 is 5.91 Å². The van der Waals surface area contributed by atoms with Gasteiger partial charge in [0.15, 0.2) is 0 Å². The van der Waals surface area contributed by atoms with E-state index in [-0.39, 0.29) is 51.3 Å². The summed E-state index contributed by atoms with van der Waals surface area (Å²) < 4.78 is 69.9. The van der Waals surface area contributed by atoms with Gasteiger partial charge in [-0.2, -0.15) is 13.2 Å². The van der Waals surface area contributed by atoms with Crippen molar-refractivity contribution in [3.8, 4) is 0 Å². The van der Waals surface area contributed by atoms with Crippen molar-refractivity contribution in [3.05, 3.63) is 0 Å².